The number of benzene rings is 2. The highest BCUT2D eigenvalue weighted by Gasteiger charge is 2.21. The van der Waals surface area contributed by atoms with Gasteiger partial charge in [-0.1, -0.05) is 35.5 Å². The molecule has 4 rings (SSSR count). The number of hydrogen-bond acceptors (Lipinski definition) is 6. The molecule has 0 spiro atoms. The molecule has 2 heterocycles. The number of amides is 1. The summed E-state index contributed by atoms with van der Waals surface area (Å²) in [7, 11) is 1.58. The molecule has 1 fully saturated rings. The van der Waals surface area contributed by atoms with Gasteiger partial charge < -0.3 is 14.8 Å². The van der Waals surface area contributed by atoms with Gasteiger partial charge in [0, 0.05) is 36.6 Å². The van der Waals surface area contributed by atoms with Crippen molar-refractivity contribution in [1.82, 2.24) is 14.9 Å². The standard InChI is InChI=1S/C24H26ClN3O4S/c1-31-12-10-26-22(29)17-6-9-20-21(13-17)27-24(33-15-16-4-7-18(25)8-5-16)28(23(20)30)14-19-3-2-11-32-19/h4-9,13,19H,2-3,10-12,14-15H2,1H3,(H,26,29). The summed E-state index contributed by atoms with van der Waals surface area (Å²) in [5.41, 5.74) is 1.91. The predicted molar refractivity (Wildman–Crippen MR) is 130 cm³/mol. The molecule has 1 unspecified atom stereocenters. The molecule has 1 saturated heterocycles. The van der Waals surface area contributed by atoms with Crippen molar-refractivity contribution in [2.75, 3.05) is 26.9 Å². The zero-order chi connectivity index (χ0) is 23.2. The molecule has 7 nitrogen and oxygen atoms in total. The Morgan fingerprint density at radius 3 is 2.85 bits per heavy atom. The molecule has 2 aromatic carbocycles. The van der Waals surface area contributed by atoms with Crippen molar-refractivity contribution >= 4 is 40.2 Å². The van der Waals surface area contributed by atoms with Crippen LogP contribution in [0.3, 0.4) is 0 Å². The summed E-state index contributed by atoms with van der Waals surface area (Å²) in [6.07, 6.45) is 1.92. The summed E-state index contributed by atoms with van der Waals surface area (Å²) in [5.74, 6) is 0.410. The van der Waals surface area contributed by atoms with Gasteiger partial charge in [0.15, 0.2) is 5.16 Å². The van der Waals surface area contributed by atoms with Crippen LogP contribution in [-0.4, -0.2) is 48.4 Å². The molecule has 1 atom stereocenters. The van der Waals surface area contributed by atoms with E-state index in [-0.39, 0.29) is 17.6 Å². The number of rotatable bonds is 9. The van der Waals surface area contributed by atoms with Crippen LogP contribution >= 0.6 is 23.4 Å². The van der Waals surface area contributed by atoms with Gasteiger partial charge >= 0.3 is 0 Å². The monoisotopic (exact) mass is 487 g/mol. The SMILES string of the molecule is COCCNC(=O)c1ccc2c(=O)n(CC3CCCO3)c(SCc3ccc(Cl)cc3)nc2c1. The van der Waals surface area contributed by atoms with E-state index < -0.39 is 0 Å². The Morgan fingerprint density at radius 1 is 1.30 bits per heavy atom. The Kier molecular flexibility index (Phi) is 8.03. The number of nitrogens with zero attached hydrogens (tertiary/aromatic N) is 2. The Labute approximate surface area is 201 Å². The first-order chi connectivity index (χ1) is 16.0. The molecule has 174 valence electrons. The second-order valence-electron chi connectivity index (χ2n) is 7.84. The van der Waals surface area contributed by atoms with Crippen LogP contribution < -0.4 is 10.9 Å². The van der Waals surface area contributed by atoms with Crippen molar-refractivity contribution in [2.24, 2.45) is 0 Å². The minimum atomic E-state index is -0.227. The normalized spacial score (nSPS) is 15.8. The zero-order valence-corrected chi connectivity index (χ0v) is 20.0. The molecule has 1 aliphatic heterocycles. The van der Waals surface area contributed by atoms with E-state index >= 15 is 0 Å². The molecule has 3 aromatic rings. The van der Waals surface area contributed by atoms with E-state index in [1.54, 1.807) is 29.9 Å². The van der Waals surface area contributed by atoms with Gasteiger partial charge in [-0.15, -0.1) is 0 Å². The van der Waals surface area contributed by atoms with Gasteiger partial charge in [-0.3, -0.25) is 14.2 Å². The molecular weight excluding hydrogens is 462 g/mol. The number of thioether (sulfide) groups is 1. The van der Waals surface area contributed by atoms with Crippen LogP contribution in [0.1, 0.15) is 28.8 Å². The molecule has 1 N–H and O–H groups in total. The fourth-order valence-electron chi connectivity index (χ4n) is 3.70. The lowest BCUT2D eigenvalue weighted by atomic mass is 10.1. The number of ether oxygens (including phenoxy) is 2. The van der Waals surface area contributed by atoms with Crippen LogP contribution in [0.2, 0.25) is 5.02 Å². The molecule has 0 bridgehead atoms. The van der Waals surface area contributed by atoms with Crippen molar-refractivity contribution in [3.63, 3.8) is 0 Å². The van der Waals surface area contributed by atoms with Crippen molar-refractivity contribution < 1.29 is 14.3 Å². The van der Waals surface area contributed by atoms with E-state index in [1.165, 1.54) is 11.8 Å². The van der Waals surface area contributed by atoms with Crippen LogP contribution in [0.25, 0.3) is 10.9 Å². The predicted octanol–water partition coefficient (Wildman–Crippen LogP) is 3.90. The lowest BCUT2D eigenvalue weighted by Crippen LogP contribution is -2.29. The van der Waals surface area contributed by atoms with Crippen molar-refractivity contribution in [2.45, 2.75) is 36.4 Å². The van der Waals surface area contributed by atoms with Gasteiger partial charge in [-0.2, -0.15) is 0 Å². The highest BCUT2D eigenvalue weighted by molar-refractivity contribution is 7.98. The third-order valence-corrected chi connectivity index (χ3v) is 6.77. The lowest BCUT2D eigenvalue weighted by molar-refractivity contribution is 0.0935. The quantitative estimate of drug-likeness (QED) is 0.280. The number of hydrogen-bond donors (Lipinski definition) is 1. The van der Waals surface area contributed by atoms with Gasteiger partial charge in [0.05, 0.1) is 30.2 Å². The average Bonchev–Trinajstić information content (AvgIpc) is 3.34. The molecule has 9 heteroatoms. The smallest absolute Gasteiger partial charge is 0.262 e. The highest BCUT2D eigenvalue weighted by Crippen LogP contribution is 2.25. The maximum atomic E-state index is 13.4. The Hall–Kier alpha value is -2.39. The van der Waals surface area contributed by atoms with E-state index in [9.17, 15) is 9.59 Å². The maximum Gasteiger partial charge on any atom is 0.262 e. The van der Waals surface area contributed by atoms with Crippen LogP contribution in [0.15, 0.2) is 52.4 Å². The maximum absolute atomic E-state index is 13.4. The van der Waals surface area contributed by atoms with Gasteiger partial charge in [-0.05, 0) is 48.7 Å². The van der Waals surface area contributed by atoms with Gasteiger partial charge in [0.25, 0.3) is 11.5 Å². The second kappa shape index (κ2) is 11.2. The Bertz CT molecular complexity index is 1180. The second-order valence-corrected chi connectivity index (χ2v) is 9.22. The van der Waals surface area contributed by atoms with Crippen molar-refractivity contribution in [3.05, 3.63) is 69.0 Å². The summed E-state index contributed by atoms with van der Waals surface area (Å²) >= 11 is 7.48. The number of aromatic nitrogens is 2. The molecular formula is C24H26ClN3O4S. The summed E-state index contributed by atoms with van der Waals surface area (Å²) in [5, 5.41) is 4.57. The summed E-state index contributed by atoms with van der Waals surface area (Å²) < 4.78 is 12.5. The molecule has 1 amide bonds. The van der Waals surface area contributed by atoms with Gasteiger partial charge in [-0.25, -0.2) is 4.98 Å². The molecule has 0 radical (unpaired) electrons. The first-order valence-corrected chi connectivity index (χ1v) is 12.2. The first-order valence-electron chi connectivity index (χ1n) is 10.9. The van der Waals surface area contributed by atoms with Crippen LogP contribution in [0.4, 0.5) is 0 Å². The number of halogens is 1. The molecule has 0 saturated carbocycles. The number of nitrogens with one attached hydrogen (secondary N) is 1. The minimum Gasteiger partial charge on any atom is -0.383 e. The minimum absolute atomic E-state index is 0.00247. The Balaban J connectivity index is 1.66. The lowest BCUT2D eigenvalue weighted by Gasteiger charge is -2.17. The van der Waals surface area contributed by atoms with Gasteiger partial charge in [0.2, 0.25) is 0 Å². The van der Waals surface area contributed by atoms with Crippen LogP contribution in [-0.2, 0) is 21.8 Å². The summed E-state index contributed by atoms with van der Waals surface area (Å²) in [6.45, 7) is 2.02. The fraction of sp³-hybridized carbons (Fsp3) is 0.375. The third kappa shape index (κ3) is 5.95. The van der Waals surface area contributed by atoms with Crippen molar-refractivity contribution in [1.29, 1.82) is 0 Å². The van der Waals surface area contributed by atoms with E-state index in [1.807, 2.05) is 24.3 Å². The van der Waals surface area contributed by atoms with E-state index in [2.05, 4.69) is 5.32 Å². The van der Waals surface area contributed by atoms with Crippen LogP contribution in [0, 0.1) is 0 Å². The zero-order valence-electron chi connectivity index (χ0n) is 18.4. The highest BCUT2D eigenvalue weighted by atomic mass is 35.5. The molecule has 33 heavy (non-hydrogen) atoms. The van der Waals surface area contributed by atoms with E-state index in [0.717, 1.165) is 25.0 Å². The number of carbonyl (C=O) groups is 1. The van der Waals surface area contributed by atoms with E-state index in [4.69, 9.17) is 26.1 Å². The van der Waals surface area contributed by atoms with E-state index in [0.29, 0.717) is 52.1 Å². The summed E-state index contributed by atoms with van der Waals surface area (Å²) in [4.78, 5) is 30.7. The number of methoxy groups -OCH3 is 1. The molecule has 1 aromatic heterocycles. The van der Waals surface area contributed by atoms with Crippen molar-refractivity contribution in [3.8, 4) is 0 Å². The summed E-state index contributed by atoms with van der Waals surface area (Å²) in [6, 6.07) is 12.6. The first kappa shape index (κ1) is 23.8. The molecule has 1 aliphatic rings. The number of fused-ring (bicyclic) bond motifs is 1. The van der Waals surface area contributed by atoms with Crippen LogP contribution in [0.5, 0.6) is 0 Å². The van der Waals surface area contributed by atoms with Gasteiger partial charge in [0.1, 0.15) is 0 Å². The fourth-order valence-corrected chi connectivity index (χ4v) is 4.79. The largest absolute Gasteiger partial charge is 0.383 e. The topological polar surface area (TPSA) is 82.5 Å². The average molecular weight is 488 g/mol. The number of carbonyl (C=O) groups excluding carboxylic acids is 1. The Morgan fingerprint density at radius 2 is 2.12 bits per heavy atom. The third-order valence-electron chi connectivity index (χ3n) is 5.47. The molecule has 0 aliphatic carbocycles.